The van der Waals surface area contributed by atoms with E-state index in [2.05, 4.69) is 4.98 Å². The Balaban J connectivity index is 1.54. The molecule has 4 rings (SSSR count). The van der Waals surface area contributed by atoms with Crippen molar-refractivity contribution in [2.45, 2.75) is 44.4 Å². The maximum atomic E-state index is 13.2. The normalized spacial score (nSPS) is 18.0. The number of amides is 1. The van der Waals surface area contributed by atoms with Gasteiger partial charge in [-0.25, -0.2) is 9.78 Å². The highest BCUT2D eigenvalue weighted by atomic mass is 16.5. The van der Waals surface area contributed by atoms with Crippen molar-refractivity contribution < 1.29 is 19.0 Å². The van der Waals surface area contributed by atoms with Crippen LogP contribution in [0.4, 0.5) is 4.79 Å². The molecule has 1 aromatic heterocycles. The lowest BCUT2D eigenvalue weighted by atomic mass is 9.92. The van der Waals surface area contributed by atoms with Crippen LogP contribution in [0.3, 0.4) is 0 Å². The number of hydrogen-bond donors (Lipinski definition) is 0. The molecule has 0 bridgehead atoms. The minimum Gasteiger partial charge on any atom is -0.493 e. The average Bonchev–Trinajstić information content (AvgIpc) is 2.86. The summed E-state index contributed by atoms with van der Waals surface area (Å²) in [7, 11) is 4.73. The van der Waals surface area contributed by atoms with Gasteiger partial charge in [0.1, 0.15) is 0 Å². The van der Waals surface area contributed by atoms with Gasteiger partial charge in [-0.05, 0) is 37.3 Å². The summed E-state index contributed by atoms with van der Waals surface area (Å²) in [6, 6.07) is 13.4. The van der Waals surface area contributed by atoms with Gasteiger partial charge in [0.2, 0.25) is 0 Å². The molecule has 0 saturated heterocycles. The highest BCUT2D eigenvalue weighted by Crippen LogP contribution is 2.34. The predicted molar refractivity (Wildman–Crippen MR) is 125 cm³/mol. The van der Waals surface area contributed by atoms with Crippen LogP contribution < -0.4 is 15.0 Å². The highest BCUT2D eigenvalue weighted by molar-refractivity contribution is 5.81. The van der Waals surface area contributed by atoms with Crippen LogP contribution in [0.1, 0.15) is 31.2 Å². The second-order valence-electron chi connectivity index (χ2n) is 8.31. The first-order valence-corrected chi connectivity index (χ1v) is 11.1. The largest absolute Gasteiger partial charge is 0.493 e. The van der Waals surface area contributed by atoms with Crippen molar-refractivity contribution in [2.75, 3.05) is 21.3 Å². The first-order chi connectivity index (χ1) is 16.0. The minimum atomic E-state index is -0.324. The summed E-state index contributed by atoms with van der Waals surface area (Å²) < 4.78 is 18.2. The molecule has 0 unspecified atom stereocenters. The number of aromatic nitrogens is 2. The maximum absolute atomic E-state index is 13.2. The molecule has 1 fully saturated rings. The zero-order chi connectivity index (χ0) is 23.4. The minimum absolute atomic E-state index is 0.0261. The molecule has 0 radical (unpaired) electrons. The molecule has 2 aromatic carbocycles. The van der Waals surface area contributed by atoms with Gasteiger partial charge in [-0.1, -0.05) is 30.3 Å². The zero-order valence-electron chi connectivity index (χ0n) is 19.2. The Morgan fingerprint density at radius 3 is 2.48 bits per heavy atom. The third-order valence-electron chi connectivity index (χ3n) is 6.25. The Morgan fingerprint density at radius 1 is 1.09 bits per heavy atom. The summed E-state index contributed by atoms with van der Waals surface area (Å²) in [5.41, 5.74) is 1.47. The molecule has 1 heterocycles. The topological polar surface area (TPSA) is 82.9 Å². The van der Waals surface area contributed by atoms with Gasteiger partial charge in [-0.3, -0.25) is 9.36 Å². The number of ether oxygens (including phenoxy) is 3. The van der Waals surface area contributed by atoms with E-state index in [0.29, 0.717) is 28.9 Å². The Bertz CT molecular complexity index is 1170. The second kappa shape index (κ2) is 9.94. The SMILES string of the molecule is COC(=O)N(C)C1CCC(Oc2cc3c(=O)n(Cc4ccccc4)cnc3cc2OC)CC1. The lowest BCUT2D eigenvalue weighted by Crippen LogP contribution is -2.41. The van der Waals surface area contributed by atoms with E-state index in [4.69, 9.17) is 14.2 Å². The molecule has 0 spiro atoms. The first-order valence-electron chi connectivity index (χ1n) is 11.1. The van der Waals surface area contributed by atoms with Gasteiger partial charge in [0.15, 0.2) is 11.5 Å². The van der Waals surface area contributed by atoms with Crippen molar-refractivity contribution in [3.8, 4) is 11.5 Å². The molecule has 0 N–H and O–H groups in total. The molecule has 1 amide bonds. The van der Waals surface area contributed by atoms with Gasteiger partial charge in [-0.15, -0.1) is 0 Å². The summed E-state index contributed by atoms with van der Waals surface area (Å²) in [4.78, 5) is 31.1. The summed E-state index contributed by atoms with van der Waals surface area (Å²) in [6.45, 7) is 0.447. The van der Waals surface area contributed by atoms with Crippen LogP contribution in [0.5, 0.6) is 11.5 Å². The molecule has 1 aliphatic carbocycles. The van der Waals surface area contributed by atoms with Crippen molar-refractivity contribution in [2.24, 2.45) is 0 Å². The van der Waals surface area contributed by atoms with E-state index >= 15 is 0 Å². The van der Waals surface area contributed by atoms with E-state index in [0.717, 1.165) is 31.2 Å². The summed E-state index contributed by atoms with van der Waals surface area (Å²) in [5.74, 6) is 1.08. The van der Waals surface area contributed by atoms with Gasteiger partial charge in [0.25, 0.3) is 5.56 Å². The van der Waals surface area contributed by atoms with Crippen LogP contribution in [0.2, 0.25) is 0 Å². The number of rotatable bonds is 6. The summed E-state index contributed by atoms with van der Waals surface area (Å²) in [5, 5.41) is 0.489. The summed E-state index contributed by atoms with van der Waals surface area (Å²) in [6.07, 6.45) is 4.43. The molecular weight excluding hydrogens is 422 g/mol. The van der Waals surface area contributed by atoms with Crippen LogP contribution in [0.15, 0.2) is 53.6 Å². The molecule has 0 atom stereocenters. The van der Waals surface area contributed by atoms with E-state index in [9.17, 15) is 9.59 Å². The van der Waals surface area contributed by atoms with Gasteiger partial charge in [-0.2, -0.15) is 0 Å². The van der Waals surface area contributed by atoms with Gasteiger partial charge in [0, 0.05) is 19.2 Å². The van der Waals surface area contributed by atoms with Crippen LogP contribution >= 0.6 is 0 Å². The number of fused-ring (bicyclic) bond motifs is 1. The van der Waals surface area contributed by atoms with Crippen LogP contribution in [-0.4, -0.2) is 54.0 Å². The average molecular weight is 452 g/mol. The number of methoxy groups -OCH3 is 2. The third kappa shape index (κ3) is 4.94. The first kappa shape index (κ1) is 22.6. The van der Waals surface area contributed by atoms with E-state index < -0.39 is 0 Å². The van der Waals surface area contributed by atoms with Crippen LogP contribution in [0.25, 0.3) is 10.9 Å². The van der Waals surface area contributed by atoms with Gasteiger partial charge in [0.05, 0.1) is 44.1 Å². The number of nitrogens with zero attached hydrogens (tertiary/aromatic N) is 3. The molecular formula is C25H29N3O5. The smallest absolute Gasteiger partial charge is 0.409 e. The molecule has 3 aromatic rings. The molecule has 1 saturated carbocycles. The molecule has 8 heteroatoms. The fourth-order valence-electron chi connectivity index (χ4n) is 4.33. The standard InChI is InChI=1S/C25H29N3O5/c1-27(25(30)32-3)18-9-11-19(12-10-18)33-23-13-20-21(14-22(23)31-2)26-16-28(24(20)29)15-17-7-5-4-6-8-17/h4-8,13-14,16,18-19H,9-12,15H2,1-3H3. The maximum Gasteiger partial charge on any atom is 0.409 e. The molecule has 33 heavy (non-hydrogen) atoms. The fourth-order valence-corrected chi connectivity index (χ4v) is 4.33. The van der Waals surface area contributed by atoms with Crippen molar-refractivity contribution in [1.29, 1.82) is 0 Å². The highest BCUT2D eigenvalue weighted by Gasteiger charge is 2.28. The molecule has 174 valence electrons. The van der Waals surface area contributed by atoms with E-state index in [1.807, 2.05) is 30.3 Å². The number of hydrogen-bond acceptors (Lipinski definition) is 6. The Morgan fingerprint density at radius 2 is 1.82 bits per heavy atom. The predicted octanol–water partition coefficient (Wildman–Crippen LogP) is 3.84. The lowest BCUT2D eigenvalue weighted by molar-refractivity contribution is 0.0801. The van der Waals surface area contributed by atoms with Gasteiger partial charge < -0.3 is 19.1 Å². The van der Waals surface area contributed by atoms with E-state index in [-0.39, 0.29) is 23.8 Å². The Hall–Kier alpha value is -3.55. The molecule has 8 nitrogen and oxygen atoms in total. The quantitative estimate of drug-likeness (QED) is 0.566. The van der Waals surface area contributed by atoms with E-state index in [1.54, 1.807) is 42.1 Å². The fraction of sp³-hybridized carbons (Fsp3) is 0.400. The Kier molecular flexibility index (Phi) is 6.82. The van der Waals surface area contributed by atoms with Crippen molar-refractivity contribution >= 4 is 17.0 Å². The van der Waals surface area contributed by atoms with E-state index in [1.165, 1.54) is 7.11 Å². The molecule has 0 aliphatic heterocycles. The van der Waals surface area contributed by atoms with Crippen molar-refractivity contribution in [1.82, 2.24) is 14.5 Å². The number of benzene rings is 2. The monoisotopic (exact) mass is 451 g/mol. The second-order valence-corrected chi connectivity index (χ2v) is 8.31. The zero-order valence-corrected chi connectivity index (χ0v) is 19.2. The third-order valence-corrected chi connectivity index (χ3v) is 6.25. The van der Waals surface area contributed by atoms with Crippen LogP contribution in [-0.2, 0) is 11.3 Å². The lowest BCUT2D eigenvalue weighted by Gasteiger charge is -2.34. The van der Waals surface area contributed by atoms with Crippen molar-refractivity contribution in [3.63, 3.8) is 0 Å². The molecule has 1 aliphatic rings. The number of carbonyl (C=O) groups excluding carboxylic acids is 1. The number of carbonyl (C=O) groups is 1. The van der Waals surface area contributed by atoms with Crippen molar-refractivity contribution in [3.05, 3.63) is 64.7 Å². The van der Waals surface area contributed by atoms with Gasteiger partial charge >= 0.3 is 6.09 Å². The Labute approximate surface area is 192 Å². The van der Waals surface area contributed by atoms with Crippen LogP contribution in [0, 0.1) is 0 Å². The summed E-state index contributed by atoms with van der Waals surface area (Å²) >= 11 is 0.